The van der Waals surface area contributed by atoms with Crippen molar-refractivity contribution in [2.45, 2.75) is 270 Å². The van der Waals surface area contributed by atoms with Crippen LogP contribution < -0.4 is 5.11 Å². The number of allylic oxidation sites excluding steroid dienone is 24. The number of rotatable bonds is 61. The zero-order valence-corrected chi connectivity index (χ0v) is 54.9. The number of likely N-dealkylation sites (N-methyl/N-ethyl adjacent to an activating group) is 1. The van der Waals surface area contributed by atoms with Crippen molar-refractivity contribution in [2.24, 2.45) is 0 Å². The minimum absolute atomic E-state index is 0.133. The average Bonchev–Trinajstić information content (AvgIpc) is 3.49. The predicted octanol–water partition coefficient (Wildman–Crippen LogP) is 19.8. The van der Waals surface area contributed by atoms with E-state index in [9.17, 15) is 19.5 Å². The van der Waals surface area contributed by atoms with Crippen LogP contribution in [0, 0.1) is 0 Å². The van der Waals surface area contributed by atoms with E-state index < -0.39 is 24.3 Å². The first kappa shape index (κ1) is 80.2. The number of aliphatic carboxylic acids is 1. The van der Waals surface area contributed by atoms with E-state index in [4.69, 9.17) is 18.9 Å². The zero-order valence-electron chi connectivity index (χ0n) is 54.9. The van der Waals surface area contributed by atoms with Crippen LogP contribution in [0.5, 0.6) is 0 Å². The normalized spacial score (nSPS) is 13.7. The van der Waals surface area contributed by atoms with E-state index in [1.54, 1.807) is 0 Å². The molecular formula is C76H125NO8. The summed E-state index contributed by atoms with van der Waals surface area (Å²) in [6.07, 6.45) is 92.1. The summed E-state index contributed by atoms with van der Waals surface area (Å²) >= 11 is 0. The van der Waals surface area contributed by atoms with Crippen molar-refractivity contribution in [3.63, 3.8) is 0 Å². The van der Waals surface area contributed by atoms with Gasteiger partial charge in [0, 0.05) is 12.8 Å². The van der Waals surface area contributed by atoms with Crippen molar-refractivity contribution in [2.75, 3.05) is 47.5 Å². The van der Waals surface area contributed by atoms with Gasteiger partial charge in [0.15, 0.2) is 12.4 Å². The predicted molar refractivity (Wildman–Crippen MR) is 361 cm³/mol. The maximum Gasteiger partial charge on any atom is 0.306 e. The summed E-state index contributed by atoms with van der Waals surface area (Å²) in [5.74, 6) is -2.35. The first-order valence-corrected chi connectivity index (χ1v) is 34.0. The van der Waals surface area contributed by atoms with Gasteiger partial charge in [-0.1, -0.05) is 288 Å². The standard InChI is InChI=1S/C76H125NO8/c1-6-8-10-12-14-16-18-20-22-24-26-28-29-30-31-32-33-34-35-36-37-38-39-40-41-42-43-44-45-47-49-51-53-55-57-59-61-63-65-67-74(79)85-72(71-84-76(75(80)81)82-69-68-77(3,4)5)70-83-73(78)66-64-62-60-58-56-54-52-50-48-46-27-25-23-21-19-17-15-13-11-9-7-2/h8,10,14,16,20,22,26,28,30-31,33-34,36-37,39-40,42-43,45,47,51,53,57,59,72,76H,6-7,9,11-13,15,17-19,21,23-25,27,29,32,35,38,41,44,46,48-50,52,54-56,58,60-71H2,1-5H3/b10-8-,16-14-,22-20-,28-26-,31-30-,34-33-,37-36-,40-39-,43-42-,47-45-,53-51-,59-57-. The van der Waals surface area contributed by atoms with Crippen LogP contribution in [0.1, 0.15) is 258 Å². The molecule has 2 unspecified atom stereocenters. The fourth-order valence-electron chi connectivity index (χ4n) is 8.93. The number of ether oxygens (including phenoxy) is 4. The number of hydrogen-bond donors (Lipinski definition) is 0. The van der Waals surface area contributed by atoms with Crippen molar-refractivity contribution >= 4 is 17.9 Å². The Balaban J connectivity index is 4.27. The molecule has 0 aliphatic rings. The third-order valence-electron chi connectivity index (χ3n) is 14.1. The van der Waals surface area contributed by atoms with E-state index in [0.717, 1.165) is 109 Å². The highest BCUT2D eigenvalue weighted by atomic mass is 16.7. The number of quaternary nitrogens is 1. The Morgan fingerprint density at radius 3 is 1.00 bits per heavy atom. The van der Waals surface area contributed by atoms with Crippen LogP contribution >= 0.6 is 0 Å². The quantitative estimate of drug-likeness (QED) is 0.0195. The minimum atomic E-state index is -1.64. The molecule has 0 aromatic heterocycles. The molecule has 0 N–H and O–H groups in total. The molecule has 0 aliphatic carbocycles. The summed E-state index contributed by atoms with van der Waals surface area (Å²) < 4.78 is 22.7. The van der Waals surface area contributed by atoms with Crippen LogP contribution in [-0.4, -0.2) is 82.3 Å². The Morgan fingerprint density at radius 1 is 0.365 bits per heavy atom. The number of carbonyl (C=O) groups excluding carboxylic acids is 3. The van der Waals surface area contributed by atoms with Gasteiger partial charge in [-0.15, -0.1) is 0 Å². The van der Waals surface area contributed by atoms with Crippen molar-refractivity contribution in [1.29, 1.82) is 0 Å². The molecule has 0 aromatic rings. The number of carbonyl (C=O) groups is 3. The summed E-state index contributed by atoms with van der Waals surface area (Å²) in [4.78, 5) is 37.4. The van der Waals surface area contributed by atoms with E-state index in [1.165, 1.54) is 116 Å². The minimum Gasteiger partial charge on any atom is -0.545 e. The second-order valence-electron chi connectivity index (χ2n) is 23.4. The molecule has 0 saturated heterocycles. The summed E-state index contributed by atoms with van der Waals surface area (Å²) in [5.41, 5.74) is 0. The second kappa shape index (κ2) is 65.2. The maximum atomic E-state index is 12.9. The van der Waals surface area contributed by atoms with E-state index in [1.807, 2.05) is 21.1 Å². The lowest BCUT2D eigenvalue weighted by molar-refractivity contribution is -0.870. The van der Waals surface area contributed by atoms with Gasteiger partial charge in [-0.2, -0.15) is 0 Å². The van der Waals surface area contributed by atoms with E-state index in [2.05, 4.69) is 160 Å². The van der Waals surface area contributed by atoms with Gasteiger partial charge in [0.2, 0.25) is 0 Å². The fourth-order valence-corrected chi connectivity index (χ4v) is 8.93. The molecule has 0 fully saturated rings. The Kier molecular flexibility index (Phi) is 61.4. The second-order valence-corrected chi connectivity index (χ2v) is 23.4. The molecule has 85 heavy (non-hydrogen) atoms. The molecule has 0 rings (SSSR count). The van der Waals surface area contributed by atoms with Crippen LogP contribution in [0.25, 0.3) is 0 Å². The number of carboxylic acid groups (broad SMARTS) is 1. The highest BCUT2D eigenvalue weighted by molar-refractivity contribution is 5.70. The van der Waals surface area contributed by atoms with Crippen LogP contribution in [0.15, 0.2) is 146 Å². The van der Waals surface area contributed by atoms with Crippen LogP contribution in [-0.2, 0) is 33.3 Å². The Labute approximate surface area is 522 Å². The van der Waals surface area contributed by atoms with Crippen molar-refractivity contribution in [3.05, 3.63) is 146 Å². The summed E-state index contributed by atoms with van der Waals surface area (Å²) in [6.45, 7) is 4.59. The highest BCUT2D eigenvalue weighted by Crippen LogP contribution is 2.16. The number of unbranched alkanes of at least 4 members (excludes halogenated alkanes) is 22. The molecule has 9 nitrogen and oxygen atoms in total. The fraction of sp³-hybridized carbons (Fsp3) is 0.645. The zero-order chi connectivity index (χ0) is 61.9. The monoisotopic (exact) mass is 1180 g/mol. The molecule has 0 spiro atoms. The molecule has 0 aromatic carbocycles. The van der Waals surface area contributed by atoms with Crippen LogP contribution in [0.3, 0.4) is 0 Å². The van der Waals surface area contributed by atoms with Crippen molar-refractivity contribution in [3.8, 4) is 0 Å². The number of carboxylic acids is 1. The van der Waals surface area contributed by atoms with Gasteiger partial charge in [0.05, 0.1) is 40.3 Å². The molecule has 0 aliphatic heterocycles. The third-order valence-corrected chi connectivity index (χ3v) is 14.1. The lowest BCUT2D eigenvalue weighted by Crippen LogP contribution is -2.44. The summed E-state index contributed by atoms with van der Waals surface area (Å²) in [6, 6.07) is 0. The van der Waals surface area contributed by atoms with Gasteiger partial charge in [-0.05, 0) is 103 Å². The average molecular weight is 1180 g/mol. The number of hydrogen-bond acceptors (Lipinski definition) is 8. The Morgan fingerprint density at radius 2 is 0.671 bits per heavy atom. The molecule has 0 amide bonds. The molecule has 0 saturated carbocycles. The highest BCUT2D eigenvalue weighted by Gasteiger charge is 2.22. The summed E-state index contributed by atoms with van der Waals surface area (Å²) in [7, 11) is 5.90. The van der Waals surface area contributed by atoms with Gasteiger partial charge < -0.3 is 33.3 Å². The van der Waals surface area contributed by atoms with Crippen LogP contribution in [0.4, 0.5) is 0 Å². The SMILES string of the molecule is CC/C=C\C/C=C\C/C=C\C/C=C\C/C=C\C/C=C\C/C=C\C/C=C\C/C=C\C/C=C\C/C=C\C/C=C\CCCCC(=O)OC(COC(=O)CCCCCCCCCCCCCCCCCCCCCCC)COC(OCC[N+](C)(C)C)C(=O)[O-]. The first-order chi connectivity index (χ1) is 41.6. The van der Waals surface area contributed by atoms with Crippen LogP contribution in [0.2, 0.25) is 0 Å². The Bertz CT molecular complexity index is 1900. The lowest BCUT2D eigenvalue weighted by atomic mass is 10.0. The molecule has 482 valence electrons. The smallest absolute Gasteiger partial charge is 0.306 e. The van der Waals surface area contributed by atoms with Gasteiger partial charge in [-0.3, -0.25) is 9.59 Å². The Hall–Kier alpha value is -4.83. The van der Waals surface area contributed by atoms with Crippen molar-refractivity contribution in [1.82, 2.24) is 0 Å². The largest absolute Gasteiger partial charge is 0.545 e. The van der Waals surface area contributed by atoms with Gasteiger partial charge in [0.1, 0.15) is 13.2 Å². The van der Waals surface area contributed by atoms with Gasteiger partial charge in [-0.25, -0.2) is 0 Å². The maximum absolute atomic E-state index is 12.9. The first-order valence-electron chi connectivity index (χ1n) is 34.0. The van der Waals surface area contributed by atoms with Gasteiger partial charge in [0.25, 0.3) is 0 Å². The van der Waals surface area contributed by atoms with E-state index >= 15 is 0 Å². The molecule has 0 heterocycles. The van der Waals surface area contributed by atoms with E-state index in [-0.39, 0.29) is 38.6 Å². The molecular weight excluding hydrogens is 1050 g/mol. The molecule has 0 radical (unpaired) electrons. The number of esters is 2. The third kappa shape index (κ3) is 66.5. The van der Waals surface area contributed by atoms with Crippen molar-refractivity contribution < 1.29 is 42.9 Å². The van der Waals surface area contributed by atoms with Gasteiger partial charge >= 0.3 is 11.9 Å². The molecule has 2 atom stereocenters. The molecule has 0 bridgehead atoms. The topological polar surface area (TPSA) is 111 Å². The number of nitrogens with zero attached hydrogens (tertiary/aromatic N) is 1. The lowest BCUT2D eigenvalue weighted by Gasteiger charge is -2.26. The molecule has 9 heteroatoms. The summed E-state index contributed by atoms with van der Waals surface area (Å²) in [5, 5.41) is 11.8. The van der Waals surface area contributed by atoms with E-state index in [0.29, 0.717) is 17.4 Å².